The molecule has 4 nitrogen and oxygen atoms in total. The molecule has 0 aliphatic heterocycles. The number of alkyl halides is 4. The number of hydrogen-bond donors (Lipinski definition) is 0. The fraction of sp³-hybridized carbons (Fsp3) is 0.833. The molecular formula is C18H27F4NO3. The number of hydrogen-bond acceptors (Lipinski definition) is 4. The predicted molar refractivity (Wildman–Crippen MR) is 90.0 cm³/mol. The standard InChI is InChI=1S/C12H19F2NO2.C6H8F2O/c1-11(2,3)17-10(16)8-15-9-4-6-12(13,14)7-5-9;7-6(8)3-1-5(9)2-4-6/h4-8H2,1-3H3;1-4H2. The molecule has 26 heavy (non-hydrogen) atoms. The van der Waals surface area contributed by atoms with Gasteiger partial charge in [0.05, 0.1) is 0 Å². The van der Waals surface area contributed by atoms with Crippen molar-refractivity contribution < 1.29 is 31.9 Å². The first-order chi connectivity index (χ1) is 11.8. The van der Waals surface area contributed by atoms with Crippen molar-refractivity contribution in [2.75, 3.05) is 6.54 Å². The minimum atomic E-state index is -2.56. The zero-order valence-corrected chi connectivity index (χ0v) is 15.5. The van der Waals surface area contributed by atoms with Gasteiger partial charge in [0.1, 0.15) is 17.9 Å². The minimum Gasteiger partial charge on any atom is -0.459 e. The van der Waals surface area contributed by atoms with Gasteiger partial charge in [0.15, 0.2) is 0 Å². The zero-order chi connectivity index (χ0) is 20.0. The summed E-state index contributed by atoms with van der Waals surface area (Å²) < 4.78 is 55.2. The number of halogens is 4. The van der Waals surface area contributed by atoms with E-state index in [2.05, 4.69) is 4.99 Å². The first-order valence-electron chi connectivity index (χ1n) is 8.79. The fourth-order valence-electron chi connectivity index (χ4n) is 2.51. The molecule has 2 saturated carbocycles. The molecule has 0 bridgehead atoms. The van der Waals surface area contributed by atoms with E-state index >= 15 is 0 Å². The van der Waals surface area contributed by atoms with Gasteiger partial charge in [-0.05, 0) is 33.6 Å². The first-order valence-corrected chi connectivity index (χ1v) is 8.79. The Morgan fingerprint density at radius 1 is 0.962 bits per heavy atom. The number of ether oxygens (including phenoxy) is 1. The third-order valence-electron chi connectivity index (χ3n) is 3.95. The summed E-state index contributed by atoms with van der Waals surface area (Å²) in [6.07, 6.45) is -0.149. The molecule has 0 spiro atoms. The van der Waals surface area contributed by atoms with E-state index in [0.29, 0.717) is 5.71 Å². The van der Waals surface area contributed by atoms with Crippen LogP contribution < -0.4 is 0 Å². The molecule has 2 fully saturated rings. The molecule has 150 valence electrons. The van der Waals surface area contributed by atoms with Crippen LogP contribution in [0.2, 0.25) is 0 Å². The van der Waals surface area contributed by atoms with Gasteiger partial charge in [-0.25, -0.2) is 17.6 Å². The van der Waals surface area contributed by atoms with E-state index in [9.17, 15) is 27.2 Å². The van der Waals surface area contributed by atoms with Gasteiger partial charge in [-0.1, -0.05) is 0 Å². The highest BCUT2D eigenvalue weighted by molar-refractivity contribution is 5.87. The van der Waals surface area contributed by atoms with Crippen LogP contribution in [-0.2, 0) is 14.3 Å². The molecule has 0 N–H and O–H groups in total. The molecule has 0 radical (unpaired) electrons. The van der Waals surface area contributed by atoms with Gasteiger partial charge in [0.25, 0.3) is 0 Å². The van der Waals surface area contributed by atoms with E-state index in [0.717, 1.165) is 0 Å². The molecule has 0 saturated heterocycles. The summed E-state index contributed by atoms with van der Waals surface area (Å²) in [5.41, 5.74) is 0.165. The van der Waals surface area contributed by atoms with E-state index in [1.807, 2.05) is 0 Å². The Bertz CT molecular complexity index is 515. The van der Waals surface area contributed by atoms with Crippen molar-refractivity contribution in [3.8, 4) is 0 Å². The summed E-state index contributed by atoms with van der Waals surface area (Å²) >= 11 is 0. The highest BCUT2D eigenvalue weighted by Crippen LogP contribution is 2.32. The van der Waals surface area contributed by atoms with Crippen LogP contribution in [0.4, 0.5) is 17.6 Å². The van der Waals surface area contributed by atoms with Crippen LogP contribution in [0.5, 0.6) is 0 Å². The van der Waals surface area contributed by atoms with Gasteiger partial charge < -0.3 is 4.74 Å². The summed E-state index contributed by atoms with van der Waals surface area (Å²) in [7, 11) is 0. The van der Waals surface area contributed by atoms with Crippen molar-refractivity contribution in [2.24, 2.45) is 4.99 Å². The summed E-state index contributed by atoms with van der Waals surface area (Å²) in [4.78, 5) is 25.8. The Hall–Kier alpha value is -1.47. The lowest BCUT2D eigenvalue weighted by Crippen LogP contribution is -2.27. The van der Waals surface area contributed by atoms with Crippen LogP contribution in [0, 0.1) is 0 Å². The Labute approximate surface area is 151 Å². The second-order valence-corrected chi connectivity index (χ2v) is 7.72. The summed E-state index contributed by atoms with van der Waals surface area (Å²) in [5.74, 6) is -5.57. The third kappa shape index (κ3) is 9.87. The zero-order valence-electron chi connectivity index (χ0n) is 15.5. The Morgan fingerprint density at radius 3 is 1.77 bits per heavy atom. The maximum Gasteiger partial charge on any atom is 0.328 e. The first kappa shape index (κ1) is 22.6. The molecule has 2 aliphatic carbocycles. The quantitative estimate of drug-likeness (QED) is 0.513. The van der Waals surface area contributed by atoms with E-state index in [-0.39, 0.29) is 63.7 Å². The molecule has 0 amide bonds. The highest BCUT2D eigenvalue weighted by Gasteiger charge is 2.34. The van der Waals surface area contributed by atoms with Crippen LogP contribution in [-0.4, -0.2) is 41.5 Å². The summed E-state index contributed by atoms with van der Waals surface area (Å²) in [6.45, 7) is 5.26. The van der Waals surface area contributed by atoms with Gasteiger partial charge in [0, 0.05) is 44.2 Å². The molecule has 0 atom stereocenters. The number of carbonyl (C=O) groups excluding carboxylic acids is 2. The summed E-state index contributed by atoms with van der Waals surface area (Å²) in [6, 6.07) is 0. The van der Waals surface area contributed by atoms with Gasteiger partial charge in [-0.3, -0.25) is 14.6 Å². The van der Waals surface area contributed by atoms with Crippen molar-refractivity contribution in [2.45, 2.75) is 89.6 Å². The van der Waals surface area contributed by atoms with Gasteiger partial charge in [-0.15, -0.1) is 0 Å². The summed E-state index contributed by atoms with van der Waals surface area (Å²) in [5, 5.41) is 0. The lowest BCUT2D eigenvalue weighted by Gasteiger charge is -2.23. The molecule has 0 aromatic heterocycles. The molecule has 2 rings (SSSR count). The Morgan fingerprint density at radius 2 is 1.38 bits per heavy atom. The SMILES string of the molecule is CC(C)(C)OC(=O)CN=C1CCC(F)(F)CC1.O=C1CCC(F)(F)CC1. The smallest absolute Gasteiger partial charge is 0.328 e. The van der Waals surface area contributed by atoms with E-state index < -0.39 is 23.4 Å². The highest BCUT2D eigenvalue weighted by atomic mass is 19.3. The molecule has 0 heterocycles. The lowest BCUT2D eigenvalue weighted by atomic mass is 9.95. The van der Waals surface area contributed by atoms with E-state index in [1.54, 1.807) is 20.8 Å². The number of esters is 1. The maximum atomic E-state index is 12.9. The monoisotopic (exact) mass is 381 g/mol. The van der Waals surface area contributed by atoms with E-state index in [1.165, 1.54) is 0 Å². The van der Waals surface area contributed by atoms with Crippen LogP contribution >= 0.6 is 0 Å². The lowest BCUT2D eigenvalue weighted by molar-refractivity contribution is -0.152. The topological polar surface area (TPSA) is 55.7 Å². The van der Waals surface area contributed by atoms with Crippen molar-refractivity contribution in [3.05, 3.63) is 0 Å². The maximum absolute atomic E-state index is 12.9. The normalized spacial score (nSPS) is 22.1. The van der Waals surface area contributed by atoms with Gasteiger partial charge >= 0.3 is 5.97 Å². The largest absolute Gasteiger partial charge is 0.459 e. The fourth-order valence-corrected chi connectivity index (χ4v) is 2.51. The Balaban J connectivity index is 0.000000314. The van der Waals surface area contributed by atoms with Crippen molar-refractivity contribution in [1.29, 1.82) is 0 Å². The number of rotatable bonds is 2. The second-order valence-electron chi connectivity index (χ2n) is 7.72. The molecule has 2 aliphatic rings. The minimum absolute atomic E-state index is 0.0269. The van der Waals surface area contributed by atoms with Crippen LogP contribution in [0.15, 0.2) is 4.99 Å². The van der Waals surface area contributed by atoms with Crippen LogP contribution in [0.25, 0.3) is 0 Å². The van der Waals surface area contributed by atoms with Crippen molar-refractivity contribution >= 4 is 17.5 Å². The third-order valence-corrected chi connectivity index (χ3v) is 3.95. The number of carbonyl (C=O) groups is 2. The van der Waals surface area contributed by atoms with Crippen LogP contribution in [0.1, 0.15) is 72.1 Å². The molecule has 0 aromatic carbocycles. The Kier molecular flexibility index (Phi) is 7.77. The second kappa shape index (κ2) is 8.95. The van der Waals surface area contributed by atoms with Crippen LogP contribution in [0.3, 0.4) is 0 Å². The van der Waals surface area contributed by atoms with Crippen molar-refractivity contribution in [3.63, 3.8) is 0 Å². The number of Topliss-reactive ketones (excluding diaryl/α,β-unsaturated/α-hetero) is 1. The molecule has 0 aromatic rings. The number of ketones is 1. The molecular weight excluding hydrogens is 354 g/mol. The molecule has 8 heteroatoms. The average molecular weight is 381 g/mol. The number of nitrogens with zero attached hydrogens (tertiary/aromatic N) is 1. The predicted octanol–water partition coefficient (Wildman–Crippen LogP) is 4.74. The van der Waals surface area contributed by atoms with Gasteiger partial charge in [-0.2, -0.15) is 0 Å². The van der Waals surface area contributed by atoms with Crippen molar-refractivity contribution in [1.82, 2.24) is 0 Å². The van der Waals surface area contributed by atoms with Gasteiger partial charge in [0.2, 0.25) is 11.8 Å². The molecule has 0 unspecified atom stereocenters. The van der Waals surface area contributed by atoms with E-state index in [4.69, 9.17) is 4.74 Å². The average Bonchev–Trinajstić information content (AvgIpc) is 2.48. The number of aliphatic imine (C=N–C) groups is 1.